The van der Waals surface area contributed by atoms with Gasteiger partial charge in [-0.2, -0.15) is 0 Å². The normalized spacial score (nSPS) is 11.3. The zero-order valence-electron chi connectivity index (χ0n) is 11.3. The van der Waals surface area contributed by atoms with Crippen LogP contribution >= 0.6 is 11.3 Å². The minimum absolute atomic E-state index is 0.830. The van der Waals surface area contributed by atoms with Crippen molar-refractivity contribution in [3.8, 4) is 11.4 Å². The predicted octanol–water partition coefficient (Wildman–Crippen LogP) is 3.38. The number of hydrogen-bond acceptors (Lipinski definition) is 4. The second-order valence-electron chi connectivity index (χ2n) is 4.55. The molecular formula is C14H16N4S. The highest BCUT2D eigenvalue weighted by Crippen LogP contribution is 2.38. The van der Waals surface area contributed by atoms with Crippen molar-refractivity contribution in [3.05, 3.63) is 28.8 Å². The van der Waals surface area contributed by atoms with E-state index in [1.165, 1.54) is 10.4 Å². The summed E-state index contributed by atoms with van der Waals surface area (Å²) >= 11 is 1.62. The minimum atomic E-state index is 0.830. The number of anilines is 1. The third kappa shape index (κ3) is 1.73. The summed E-state index contributed by atoms with van der Waals surface area (Å²) in [4.78, 5) is 10.4. The first-order valence-electron chi connectivity index (χ1n) is 6.30. The first kappa shape index (κ1) is 12.2. The maximum atomic E-state index is 6.16. The van der Waals surface area contributed by atoms with Crippen molar-refractivity contribution in [1.82, 2.24) is 14.5 Å². The van der Waals surface area contributed by atoms with Crippen molar-refractivity contribution in [2.75, 3.05) is 5.73 Å². The first-order valence-corrected chi connectivity index (χ1v) is 7.12. The molecule has 0 saturated heterocycles. The molecule has 0 unspecified atom stereocenters. The Morgan fingerprint density at radius 2 is 2.16 bits per heavy atom. The van der Waals surface area contributed by atoms with Gasteiger partial charge in [-0.15, -0.1) is 11.3 Å². The lowest BCUT2D eigenvalue weighted by molar-refractivity contribution is 0.787. The molecule has 4 nitrogen and oxygen atoms in total. The number of nitrogen functional groups attached to an aromatic ring is 1. The van der Waals surface area contributed by atoms with Crippen LogP contribution in [0.25, 0.3) is 22.6 Å². The number of imidazole rings is 1. The number of hydrogen-bond donors (Lipinski definition) is 1. The number of thiophene rings is 1. The molecule has 0 fully saturated rings. The van der Waals surface area contributed by atoms with E-state index >= 15 is 0 Å². The summed E-state index contributed by atoms with van der Waals surface area (Å²) in [6, 6.07) is 3.90. The lowest BCUT2D eigenvalue weighted by Crippen LogP contribution is -2.00. The molecule has 3 heterocycles. The highest BCUT2D eigenvalue weighted by atomic mass is 32.1. The van der Waals surface area contributed by atoms with Crippen molar-refractivity contribution < 1.29 is 0 Å². The molecule has 0 saturated carbocycles. The van der Waals surface area contributed by atoms with E-state index in [9.17, 15) is 0 Å². The molecule has 0 spiro atoms. The van der Waals surface area contributed by atoms with E-state index in [-0.39, 0.29) is 0 Å². The number of aryl methyl sites for hydroxylation is 2. The number of nitrogens with two attached hydrogens (primary N) is 1. The highest BCUT2D eigenvalue weighted by molar-refractivity contribution is 7.16. The SMILES string of the molecule is CCn1c(-c2c(N)sc(C)c2C)nc2cccnc21. The van der Waals surface area contributed by atoms with Gasteiger partial charge in [0.15, 0.2) is 5.65 Å². The van der Waals surface area contributed by atoms with Gasteiger partial charge in [0.25, 0.3) is 0 Å². The van der Waals surface area contributed by atoms with E-state index in [1.54, 1.807) is 17.5 Å². The molecule has 0 aliphatic heterocycles. The van der Waals surface area contributed by atoms with Gasteiger partial charge >= 0.3 is 0 Å². The van der Waals surface area contributed by atoms with Crippen molar-refractivity contribution in [2.24, 2.45) is 0 Å². The molecular weight excluding hydrogens is 256 g/mol. The van der Waals surface area contributed by atoms with Gasteiger partial charge in [-0.25, -0.2) is 9.97 Å². The van der Waals surface area contributed by atoms with Crippen LogP contribution in [0.1, 0.15) is 17.4 Å². The minimum Gasteiger partial charge on any atom is -0.390 e. The second kappa shape index (κ2) is 4.35. The summed E-state index contributed by atoms with van der Waals surface area (Å²) in [7, 11) is 0. The maximum Gasteiger partial charge on any atom is 0.160 e. The second-order valence-corrected chi connectivity index (χ2v) is 5.80. The molecule has 0 aliphatic rings. The summed E-state index contributed by atoms with van der Waals surface area (Å²) < 4.78 is 2.13. The molecule has 98 valence electrons. The fourth-order valence-electron chi connectivity index (χ4n) is 2.38. The average molecular weight is 272 g/mol. The first-order chi connectivity index (χ1) is 9.13. The molecule has 5 heteroatoms. The van der Waals surface area contributed by atoms with Crippen LogP contribution in [0.5, 0.6) is 0 Å². The van der Waals surface area contributed by atoms with Crippen molar-refractivity contribution in [3.63, 3.8) is 0 Å². The van der Waals surface area contributed by atoms with Crippen LogP contribution in [-0.4, -0.2) is 14.5 Å². The van der Waals surface area contributed by atoms with Gasteiger partial charge in [0, 0.05) is 17.6 Å². The lowest BCUT2D eigenvalue weighted by atomic mass is 10.1. The van der Waals surface area contributed by atoms with E-state index < -0.39 is 0 Å². The van der Waals surface area contributed by atoms with Crippen molar-refractivity contribution in [2.45, 2.75) is 27.3 Å². The number of rotatable bonds is 2. The largest absolute Gasteiger partial charge is 0.390 e. The molecule has 3 aromatic heterocycles. The monoisotopic (exact) mass is 272 g/mol. The molecule has 0 aromatic carbocycles. The number of nitrogens with zero attached hydrogens (tertiary/aromatic N) is 3. The molecule has 0 aliphatic carbocycles. The Hall–Kier alpha value is -1.88. The molecule has 0 bridgehead atoms. The fraction of sp³-hybridized carbons (Fsp3) is 0.286. The van der Waals surface area contributed by atoms with Gasteiger partial charge in [-0.05, 0) is 38.5 Å². The van der Waals surface area contributed by atoms with Crippen LogP contribution in [0.3, 0.4) is 0 Å². The molecule has 19 heavy (non-hydrogen) atoms. The van der Waals surface area contributed by atoms with Crippen LogP contribution in [0.15, 0.2) is 18.3 Å². The third-order valence-electron chi connectivity index (χ3n) is 3.46. The van der Waals surface area contributed by atoms with E-state index in [4.69, 9.17) is 10.7 Å². The molecule has 3 rings (SSSR count). The van der Waals surface area contributed by atoms with Gasteiger partial charge < -0.3 is 10.3 Å². The van der Waals surface area contributed by atoms with Gasteiger partial charge in [0.05, 0.1) is 10.6 Å². The molecule has 0 amide bonds. The topological polar surface area (TPSA) is 56.7 Å². The Bertz CT molecular complexity index is 754. The Morgan fingerprint density at radius 3 is 2.79 bits per heavy atom. The lowest BCUT2D eigenvalue weighted by Gasteiger charge is -2.06. The van der Waals surface area contributed by atoms with E-state index in [0.717, 1.165) is 34.1 Å². The number of aromatic nitrogens is 3. The summed E-state index contributed by atoms with van der Waals surface area (Å²) in [5, 5.41) is 0.833. The number of fused-ring (bicyclic) bond motifs is 1. The Kier molecular flexibility index (Phi) is 2.78. The predicted molar refractivity (Wildman–Crippen MR) is 80.4 cm³/mol. The summed E-state index contributed by atoms with van der Waals surface area (Å²) in [5.74, 6) is 0.926. The van der Waals surface area contributed by atoms with Crippen LogP contribution in [0.4, 0.5) is 5.00 Å². The van der Waals surface area contributed by atoms with Crippen LogP contribution < -0.4 is 5.73 Å². The smallest absolute Gasteiger partial charge is 0.160 e. The molecule has 0 radical (unpaired) electrons. The van der Waals surface area contributed by atoms with Gasteiger partial charge in [-0.3, -0.25) is 0 Å². The van der Waals surface area contributed by atoms with Crippen molar-refractivity contribution >= 4 is 27.5 Å². The standard InChI is InChI=1S/C14H16N4S/c1-4-18-13-10(6-5-7-16-13)17-14(18)11-8(2)9(3)19-12(11)15/h5-7H,4,15H2,1-3H3. The van der Waals surface area contributed by atoms with Crippen molar-refractivity contribution in [1.29, 1.82) is 0 Å². The molecule has 0 atom stereocenters. The van der Waals surface area contributed by atoms with Crippen LogP contribution in [0.2, 0.25) is 0 Å². The summed E-state index contributed by atoms with van der Waals surface area (Å²) in [6.45, 7) is 7.13. The number of pyridine rings is 1. The van der Waals surface area contributed by atoms with Crippen LogP contribution in [-0.2, 0) is 6.54 Å². The zero-order valence-corrected chi connectivity index (χ0v) is 12.1. The Labute approximate surface area is 115 Å². The zero-order chi connectivity index (χ0) is 13.6. The van der Waals surface area contributed by atoms with Gasteiger partial charge in [-0.1, -0.05) is 0 Å². The van der Waals surface area contributed by atoms with E-state index in [0.29, 0.717) is 0 Å². The van der Waals surface area contributed by atoms with E-state index in [1.807, 2.05) is 12.1 Å². The van der Waals surface area contributed by atoms with E-state index in [2.05, 4.69) is 30.3 Å². The van der Waals surface area contributed by atoms with Gasteiger partial charge in [0.2, 0.25) is 0 Å². The Morgan fingerprint density at radius 1 is 1.37 bits per heavy atom. The van der Waals surface area contributed by atoms with Gasteiger partial charge in [0.1, 0.15) is 11.3 Å². The third-order valence-corrected chi connectivity index (χ3v) is 4.49. The molecule has 2 N–H and O–H groups in total. The quantitative estimate of drug-likeness (QED) is 0.778. The fourth-order valence-corrected chi connectivity index (χ4v) is 3.31. The highest BCUT2D eigenvalue weighted by Gasteiger charge is 2.19. The maximum absolute atomic E-state index is 6.16. The summed E-state index contributed by atoms with van der Waals surface area (Å²) in [6.07, 6.45) is 1.80. The molecule has 3 aromatic rings. The van der Waals surface area contributed by atoms with Crippen LogP contribution in [0, 0.1) is 13.8 Å². The Balaban J connectivity index is 2.36. The summed E-state index contributed by atoms with van der Waals surface area (Å²) in [5.41, 5.74) is 10.3. The average Bonchev–Trinajstić information content (AvgIpc) is 2.87.